The summed E-state index contributed by atoms with van der Waals surface area (Å²) in [5.74, 6) is -0.288. The third-order valence-corrected chi connectivity index (χ3v) is 2.15. The fourth-order valence-corrected chi connectivity index (χ4v) is 1.39. The van der Waals surface area contributed by atoms with Crippen molar-refractivity contribution >= 4 is 5.91 Å². The minimum absolute atomic E-state index is 0.288. The molecule has 0 aliphatic carbocycles. The van der Waals surface area contributed by atoms with Crippen LogP contribution in [0.4, 0.5) is 0 Å². The average molecular weight is 192 g/mol. The molecule has 1 aromatic carbocycles. The molecule has 1 aromatic rings. The van der Waals surface area contributed by atoms with Gasteiger partial charge in [-0.2, -0.15) is 0 Å². The summed E-state index contributed by atoms with van der Waals surface area (Å²) in [6.07, 6.45) is 0.420. The zero-order chi connectivity index (χ0) is 9.97. The summed E-state index contributed by atoms with van der Waals surface area (Å²) in [6.45, 7) is 0. The Labute approximate surface area is 80.6 Å². The molecule has 1 amide bonds. The molecule has 1 saturated heterocycles. The Morgan fingerprint density at radius 2 is 2.00 bits per heavy atom. The van der Waals surface area contributed by atoms with Crippen LogP contribution in [0.2, 0.25) is 0 Å². The van der Waals surface area contributed by atoms with Crippen LogP contribution in [0.25, 0.3) is 0 Å². The van der Waals surface area contributed by atoms with Crippen molar-refractivity contribution < 1.29 is 9.66 Å². The number of benzene rings is 1. The van der Waals surface area contributed by atoms with Crippen LogP contribution >= 0.6 is 0 Å². The summed E-state index contributed by atoms with van der Waals surface area (Å²) in [4.78, 5) is 22.8. The summed E-state index contributed by atoms with van der Waals surface area (Å²) in [5.41, 5.74) is 5.45. The Morgan fingerprint density at radius 1 is 1.29 bits per heavy atom. The lowest BCUT2D eigenvalue weighted by Gasteiger charge is -1.97. The zero-order valence-corrected chi connectivity index (χ0v) is 7.43. The maximum atomic E-state index is 11.2. The highest BCUT2D eigenvalue weighted by Gasteiger charge is 2.41. The van der Waals surface area contributed by atoms with Crippen LogP contribution in [0.3, 0.4) is 0 Å². The highest BCUT2D eigenvalue weighted by Crippen LogP contribution is 2.06. The van der Waals surface area contributed by atoms with Crippen LogP contribution in [0.15, 0.2) is 30.3 Å². The largest absolute Gasteiger partial charge is 0.319 e. The van der Waals surface area contributed by atoms with E-state index in [1.807, 2.05) is 30.3 Å². The van der Waals surface area contributed by atoms with Crippen molar-refractivity contribution in [1.29, 1.82) is 0 Å². The molecular formula is C9H10N3O2+. The van der Waals surface area contributed by atoms with E-state index in [0.717, 1.165) is 5.56 Å². The van der Waals surface area contributed by atoms with E-state index in [4.69, 9.17) is 0 Å². The summed E-state index contributed by atoms with van der Waals surface area (Å²) in [5, 5.41) is 0. The Morgan fingerprint density at radius 3 is 2.57 bits per heavy atom. The molecule has 1 aliphatic heterocycles. The topological polar surface area (TPSA) is 61.2 Å². The molecule has 5 nitrogen and oxygen atoms in total. The van der Waals surface area contributed by atoms with E-state index < -0.39 is 6.04 Å². The maximum absolute atomic E-state index is 11.2. The third-order valence-electron chi connectivity index (χ3n) is 2.15. The Hall–Kier alpha value is -1.91. The van der Waals surface area contributed by atoms with Gasteiger partial charge in [0, 0.05) is 0 Å². The molecule has 0 saturated carbocycles. The Balaban J connectivity index is 2.11. The third kappa shape index (κ3) is 1.56. The smallest absolute Gasteiger partial charge is 0.265 e. The molecule has 1 heterocycles. The molecule has 0 radical (unpaired) electrons. The van der Waals surface area contributed by atoms with Gasteiger partial charge in [-0.3, -0.25) is 4.79 Å². The fraction of sp³-hybridized carbons (Fsp3) is 0.222. The van der Waals surface area contributed by atoms with Crippen molar-refractivity contribution in [2.24, 2.45) is 0 Å². The molecule has 2 N–H and O–H groups in total. The maximum Gasteiger partial charge on any atom is 0.319 e. The number of nitrogens with one attached hydrogen (secondary N) is 2. The van der Waals surface area contributed by atoms with E-state index in [0.29, 0.717) is 11.3 Å². The monoisotopic (exact) mass is 192 g/mol. The highest BCUT2D eigenvalue weighted by atomic mass is 16.3. The number of carbonyl (C=O) groups excluding carboxylic acids is 1. The lowest BCUT2D eigenvalue weighted by Crippen LogP contribution is -2.29. The van der Waals surface area contributed by atoms with E-state index in [1.54, 1.807) is 0 Å². The first kappa shape index (κ1) is 8.68. The fourth-order valence-electron chi connectivity index (χ4n) is 1.39. The summed E-state index contributed by atoms with van der Waals surface area (Å²) < 4.78 is 0. The quantitative estimate of drug-likeness (QED) is 0.644. The average Bonchev–Trinajstić information content (AvgIpc) is 2.51. The van der Waals surface area contributed by atoms with E-state index in [-0.39, 0.29) is 5.91 Å². The van der Waals surface area contributed by atoms with Crippen molar-refractivity contribution in [2.45, 2.75) is 12.5 Å². The van der Waals surface area contributed by atoms with E-state index >= 15 is 0 Å². The van der Waals surface area contributed by atoms with Gasteiger partial charge in [0.2, 0.25) is 0 Å². The first-order chi connectivity index (χ1) is 6.77. The lowest BCUT2D eigenvalue weighted by atomic mass is 10.1. The molecule has 1 aliphatic rings. The SMILES string of the molecule is O=C1NN[N+](=O)C1Cc1ccccc1. The predicted octanol–water partition coefficient (Wildman–Crippen LogP) is -0.0740. The van der Waals surface area contributed by atoms with E-state index in [1.165, 1.54) is 0 Å². The molecule has 1 atom stereocenters. The second kappa shape index (κ2) is 3.45. The van der Waals surface area contributed by atoms with Crippen LogP contribution in [0, 0.1) is 4.91 Å². The van der Waals surface area contributed by atoms with Crippen LogP contribution in [-0.2, 0) is 11.2 Å². The summed E-state index contributed by atoms with van der Waals surface area (Å²) >= 11 is 0. The van der Waals surface area contributed by atoms with Crippen LogP contribution in [0.5, 0.6) is 0 Å². The highest BCUT2D eigenvalue weighted by molar-refractivity contribution is 5.81. The van der Waals surface area contributed by atoms with Gasteiger partial charge in [0.05, 0.1) is 11.3 Å². The number of nitrogens with zero attached hydrogens (tertiary/aromatic N) is 1. The standard InChI is InChI=1S/C9H9N3O2/c13-9-8(12(14)11-10-9)6-7-4-2-1-3-5-7/h1-5,8H,6H2,(H-,10,11,13,14)/p+1. The minimum Gasteiger partial charge on any atom is -0.265 e. The van der Waals surface area contributed by atoms with Crippen LogP contribution in [-0.4, -0.2) is 16.8 Å². The molecule has 14 heavy (non-hydrogen) atoms. The van der Waals surface area contributed by atoms with Crippen molar-refractivity contribution in [2.75, 3.05) is 0 Å². The van der Waals surface area contributed by atoms with Gasteiger partial charge in [-0.1, -0.05) is 35.9 Å². The second-order valence-electron chi connectivity index (χ2n) is 3.13. The molecular weight excluding hydrogens is 182 g/mol. The molecule has 1 fully saturated rings. The molecule has 0 aromatic heterocycles. The van der Waals surface area contributed by atoms with Gasteiger partial charge in [-0.25, -0.2) is 5.43 Å². The first-order valence-electron chi connectivity index (χ1n) is 4.33. The number of hydrazine groups is 2. The molecule has 0 bridgehead atoms. The molecule has 2 rings (SSSR count). The lowest BCUT2D eigenvalue weighted by molar-refractivity contribution is -0.618. The minimum atomic E-state index is -0.669. The van der Waals surface area contributed by atoms with Crippen molar-refractivity contribution in [3.63, 3.8) is 0 Å². The number of nitroso groups, excluding NO2 is 1. The normalized spacial score (nSPS) is 20.4. The van der Waals surface area contributed by atoms with Crippen LogP contribution < -0.4 is 11.0 Å². The molecule has 1 unspecified atom stereocenters. The number of rotatable bonds is 2. The van der Waals surface area contributed by atoms with Gasteiger partial charge < -0.3 is 0 Å². The van der Waals surface area contributed by atoms with Gasteiger partial charge in [0.1, 0.15) is 4.87 Å². The Kier molecular flexibility index (Phi) is 2.14. The van der Waals surface area contributed by atoms with Crippen molar-refractivity contribution in [1.82, 2.24) is 11.0 Å². The zero-order valence-electron chi connectivity index (χ0n) is 7.43. The second-order valence-corrected chi connectivity index (χ2v) is 3.13. The molecule has 0 spiro atoms. The van der Waals surface area contributed by atoms with E-state index in [9.17, 15) is 9.70 Å². The van der Waals surface area contributed by atoms with Crippen molar-refractivity contribution in [3.05, 3.63) is 40.8 Å². The van der Waals surface area contributed by atoms with Gasteiger partial charge in [0.25, 0.3) is 0 Å². The molecule has 5 heteroatoms. The van der Waals surface area contributed by atoms with E-state index in [2.05, 4.69) is 11.0 Å². The number of hydrogen-bond acceptors (Lipinski definition) is 2. The number of amides is 1. The van der Waals surface area contributed by atoms with Gasteiger partial charge >= 0.3 is 11.9 Å². The summed E-state index contributed by atoms with van der Waals surface area (Å²) in [7, 11) is 0. The van der Waals surface area contributed by atoms with Gasteiger partial charge in [-0.05, 0) is 5.56 Å². The number of carbonyl (C=O) groups is 1. The number of hydrogen-bond donors (Lipinski definition) is 2. The Bertz CT molecular complexity index is 348. The predicted molar refractivity (Wildman–Crippen MR) is 48.8 cm³/mol. The van der Waals surface area contributed by atoms with Crippen LogP contribution in [0.1, 0.15) is 5.56 Å². The van der Waals surface area contributed by atoms with Gasteiger partial charge in [0.15, 0.2) is 0 Å². The van der Waals surface area contributed by atoms with Crippen molar-refractivity contribution in [3.8, 4) is 0 Å². The van der Waals surface area contributed by atoms with Gasteiger partial charge in [-0.15, -0.1) is 0 Å². The first-order valence-corrected chi connectivity index (χ1v) is 4.33. The molecule has 72 valence electrons. The summed E-state index contributed by atoms with van der Waals surface area (Å²) in [6, 6.07) is 8.76.